The normalized spacial score (nSPS) is 13.7. The summed E-state index contributed by atoms with van der Waals surface area (Å²) in [6, 6.07) is 13.5. The molecule has 4 nitrogen and oxygen atoms in total. The zero-order chi connectivity index (χ0) is 20.9. The molecule has 1 aromatic heterocycles. The number of ether oxygens (including phenoxy) is 1. The molecule has 0 bridgehead atoms. The third-order valence-corrected chi connectivity index (χ3v) is 6.36. The lowest BCUT2D eigenvalue weighted by Gasteiger charge is -2.08. The second-order valence-corrected chi connectivity index (χ2v) is 8.32. The second-order valence-electron chi connectivity index (χ2n) is 7.24. The summed E-state index contributed by atoms with van der Waals surface area (Å²) in [4.78, 5) is 19.1. The van der Waals surface area contributed by atoms with Crippen LogP contribution in [0, 0.1) is 5.82 Å². The fraction of sp³-hybridized carbons (Fsp3) is 0.250. The van der Waals surface area contributed by atoms with Gasteiger partial charge < -0.3 is 10.1 Å². The van der Waals surface area contributed by atoms with Gasteiger partial charge in [-0.25, -0.2) is 9.38 Å². The first-order valence-corrected chi connectivity index (χ1v) is 10.9. The van der Waals surface area contributed by atoms with Crippen molar-refractivity contribution in [3.05, 3.63) is 75.9 Å². The molecule has 0 fully saturated rings. The van der Waals surface area contributed by atoms with Crippen molar-refractivity contribution in [1.29, 1.82) is 0 Å². The minimum Gasteiger partial charge on any atom is -0.497 e. The van der Waals surface area contributed by atoms with Crippen molar-refractivity contribution in [3.63, 3.8) is 0 Å². The summed E-state index contributed by atoms with van der Waals surface area (Å²) in [5, 5.41) is 3.67. The van der Waals surface area contributed by atoms with Crippen LogP contribution in [0.4, 0.5) is 15.1 Å². The van der Waals surface area contributed by atoms with Gasteiger partial charge in [0.1, 0.15) is 16.6 Å². The lowest BCUT2D eigenvalue weighted by atomic mass is 10.0. The first-order valence-electron chi connectivity index (χ1n) is 10.0. The van der Waals surface area contributed by atoms with Gasteiger partial charge in [0, 0.05) is 16.8 Å². The molecule has 1 heterocycles. The number of fused-ring (bicyclic) bond motifs is 1. The van der Waals surface area contributed by atoms with E-state index in [2.05, 4.69) is 10.3 Å². The lowest BCUT2D eigenvalue weighted by Crippen LogP contribution is -2.13. The topological polar surface area (TPSA) is 50.7 Å². The number of aliphatic imine (C=N–C) groups is 1. The Morgan fingerprint density at radius 2 is 1.93 bits per heavy atom. The smallest absolute Gasteiger partial charge is 0.259 e. The number of nitrogens with zero attached hydrogens (tertiary/aromatic N) is 1. The maximum atomic E-state index is 13.5. The number of thiophene rings is 1. The van der Waals surface area contributed by atoms with Crippen LogP contribution in [0.25, 0.3) is 0 Å². The second kappa shape index (κ2) is 9.22. The van der Waals surface area contributed by atoms with Crippen molar-refractivity contribution in [3.8, 4) is 5.75 Å². The third-order valence-electron chi connectivity index (χ3n) is 5.16. The van der Waals surface area contributed by atoms with E-state index in [9.17, 15) is 9.18 Å². The molecule has 0 radical (unpaired) electrons. The number of anilines is 1. The van der Waals surface area contributed by atoms with Crippen molar-refractivity contribution in [2.24, 2.45) is 4.99 Å². The van der Waals surface area contributed by atoms with E-state index in [4.69, 9.17) is 4.74 Å². The highest BCUT2D eigenvalue weighted by Crippen LogP contribution is 2.39. The van der Waals surface area contributed by atoms with Crippen LogP contribution in [0.3, 0.4) is 0 Å². The van der Waals surface area contributed by atoms with Crippen LogP contribution in [0.1, 0.15) is 45.6 Å². The largest absolute Gasteiger partial charge is 0.497 e. The van der Waals surface area contributed by atoms with Gasteiger partial charge in [-0.05, 0) is 73.2 Å². The van der Waals surface area contributed by atoms with E-state index in [-0.39, 0.29) is 11.7 Å². The number of nitrogens with one attached hydrogen (secondary N) is 1. The molecule has 30 heavy (non-hydrogen) atoms. The first kappa shape index (κ1) is 20.3. The zero-order valence-electron chi connectivity index (χ0n) is 16.8. The molecule has 2 aromatic carbocycles. The maximum Gasteiger partial charge on any atom is 0.259 e. The molecular formula is C24H23FN2O2S. The average molecular weight is 423 g/mol. The van der Waals surface area contributed by atoms with Crippen LogP contribution in [0.2, 0.25) is 0 Å². The highest BCUT2D eigenvalue weighted by Gasteiger charge is 2.24. The summed E-state index contributed by atoms with van der Waals surface area (Å²) >= 11 is 1.57. The molecule has 0 atom stereocenters. The predicted molar refractivity (Wildman–Crippen MR) is 120 cm³/mol. The number of methoxy groups -OCH3 is 1. The summed E-state index contributed by atoms with van der Waals surface area (Å²) in [7, 11) is 1.61. The van der Waals surface area contributed by atoms with Crippen molar-refractivity contribution in [2.75, 3.05) is 12.4 Å². The number of carbonyl (C=O) groups is 1. The SMILES string of the molecule is COc1ccc(NC(=O)c2c(/N=C/c3cccc(F)c3)sc3c2CCCCC3)cc1. The number of carbonyl (C=O) groups excluding carboxylic acids is 1. The summed E-state index contributed by atoms with van der Waals surface area (Å²) in [6.07, 6.45) is 6.84. The quantitative estimate of drug-likeness (QED) is 0.395. The van der Waals surface area contributed by atoms with E-state index in [0.29, 0.717) is 21.8 Å². The molecule has 1 aliphatic carbocycles. The van der Waals surface area contributed by atoms with Crippen molar-refractivity contribution in [2.45, 2.75) is 32.1 Å². The lowest BCUT2D eigenvalue weighted by molar-refractivity contribution is 0.102. The van der Waals surface area contributed by atoms with Crippen LogP contribution < -0.4 is 10.1 Å². The molecule has 0 saturated heterocycles. The summed E-state index contributed by atoms with van der Waals surface area (Å²) in [6.45, 7) is 0. The number of aryl methyl sites for hydroxylation is 1. The van der Waals surface area contributed by atoms with Crippen molar-refractivity contribution >= 4 is 34.1 Å². The molecular weight excluding hydrogens is 399 g/mol. The minimum atomic E-state index is -0.307. The van der Waals surface area contributed by atoms with E-state index >= 15 is 0 Å². The van der Waals surface area contributed by atoms with Gasteiger partial charge in [0.15, 0.2) is 0 Å². The summed E-state index contributed by atoms with van der Waals surface area (Å²) in [5.74, 6) is 0.266. The monoisotopic (exact) mass is 422 g/mol. The van der Waals surface area contributed by atoms with Gasteiger partial charge in [0.2, 0.25) is 0 Å². The third kappa shape index (κ3) is 4.60. The van der Waals surface area contributed by atoms with Crippen LogP contribution in [-0.2, 0) is 12.8 Å². The molecule has 6 heteroatoms. The van der Waals surface area contributed by atoms with Crippen molar-refractivity contribution in [1.82, 2.24) is 0 Å². The van der Waals surface area contributed by atoms with E-state index in [1.807, 2.05) is 24.3 Å². The number of halogens is 1. The summed E-state index contributed by atoms with van der Waals surface area (Å²) < 4.78 is 18.7. The highest BCUT2D eigenvalue weighted by atomic mass is 32.1. The van der Waals surface area contributed by atoms with E-state index < -0.39 is 0 Å². The molecule has 154 valence electrons. The molecule has 1 amide bonds. The Hall–Kier alpha value is -2.99. The van der Waals surface area contributed by atoms with E-state index in [0.717, 1.165) is 37.0 Å². The maximum absolute atomic E-state index is 13.5. The molecule has 1 aliphatic rings. The van der Waals surface area contributed by atoms with Crippen LogP contribution in [0.15, 0.2) is 53.5 Å². The Morgan fingerprint density at radius 1 is 1.13 bits per heavy atom. The molecule has 4 rings (SSSR count). The Morgan fingerprint density at radius 3 is 2.70 bits per heavy atom. The van der Waals surface area contributed by atoms with Gasteiger partial charge in [0.05, 0.1) is 12.7 Å². The molecule has 1 N–H and O–H groups in total. The number of hydrogen-bond donors (Lipinski definition) is 1. The average Bonchev–Trinajstić information content (AvgIpc) is 2.94. The molecule has 0 unspecified atom stereocenters. The standard InChI is InChI=1S/C24H23FN2O2S/c1-29-19-12-10-18(11-13-19)27-23(28)22-20-8-3-2-4-9-21(20)30-24(22)26-15-16-6-5-7-17(25)14-16/h5-7,10-15H,2-4,8-9H2,1H3,(H,27,28)/b26-15+. The number of benzene rings is 2. The van der Waals surface area contributed by atoms with E-state index in [1.165, 1.54) is 23.4 Å². The fourth-order valence-electron chi connectivity index (χ4n) is 3.64. The number of amides is 1. The van der Waals surface area contributed by atoms with Gasteiger partial charge >= 0.3 is 0 Å². The van der Waals surface area contributed by atoms with Gasteiger partial charge in [0.25, 0.3) is 5.91 Å². The van der Waals surface area contributed by atoms with Crippen molar-refractivity contribution < 1.29 is 13.9 Å². The molecule has 0 spiro atoms. The van der Waals surface area contributed by atoms with Crippen LogP contribution in [-0.4, -0.2) is 19.2 Å². The highest BCUT2D eigenvalue weighted by molar-refractivity contribution is 7.16. The Balaban J connectivity index is 1.67. The van der Waals surface area contributed by atoms with Gasteiger partial charge in [-0.3, -0.25) is 4.79 Å². The van der Waals surface area contributed by atoms with Gasteiger partial charge in [-0.1, -0.05) is 18.6 Å². The minimum absolute atomic E-state index is 0.161. The molecule has 0 saturated carbocycles. The summed E-state index contributed by atoms with van der Waals surface area (Å²) in [5.41, 5.74) is 3.12. The Bertz CT molecular complexity index is 1070. The Labute approximate surface area is 179 Å². The molecule has 3 aromatic rings. The number of hydrogen-bond acceptors (Lipinski definition) is 4. The Kier molecular flexibility index (Phi) is 6.23. The number of rotatable bonds is 5. The van der Waals surface area contributed by atoms with Crippen LogP contribution >= 0.6 is 11.3 Å². The zero-order valence-corrected chi connectivity index (χ0v) is 17.6. The first-order chi connectivity index (χ1) is 14.6. The van der Waals surface area contributed by atoms with Gasteiger partial charge in [-0.15, -0.1) is 11.3 Å². The fourth-order valence-corrected chi connectivity index (χ4v) is 4.87. The van der Waals surface area contributed by atoms with Crippen LogP contribution in [0.5, 0.6) is 5.75 Å². The van der Waals surface area contributed by atoms with Gasteiger partial charge in [-0.2, -0.15) is 0 Å². The molecule has 0 aliphatic heterocycles. The van der Waals surface area contributed by atoms with E-state index in [1.54, 1.807) is 36.8 Å². The predicted octanol–water partition coefficient (Wildman–Crippen LogP) is 6.17.